The summed E-state index contributed by atoms with van der Waals surface area (Å²) in [5, 5.41) is 16.8. The van der Waals surface area contributed by atoms with Crippen LogP contribution in [-0.2, 0) is 12.6 Å². The zero-order valence-corrected chi connectivity index (χ0v) is 17.1. The largest absolute Gasteiger partial charge is 0.424 e. The molecular formula is C19H32F3N5O. The SMILES string of the molecule is CCNC(=NCCC(O)(c1nccn1C)C(F)(F)F)NC1CC(C)CC(C)C1. The van der Waals surface area contributed by atoms with Crippen LogP contribution < -0.4 is 10.6 Å². The lowest BCUT2D eigenvalue weighted by molar-refractivity contribution is -0.272. The Hall–Kier alpha value is -1.77. The number of aromatic nitrogens is 2. The first-order valence-electron chi connectivity index (χ1n) is 9.88. The van der Waals surface area contributed by atoms with Crippen LogP contribution in [0.3, 0.4) is 0 Å². The second-order valence-corrected chi connectivity index (χ2v) is 7.99. The Kier molecular flexibility index (Phi) is 7.36. The minimum absolute atomic E-state index is 0.184. The van der Waals surface area contributed by atoms with Crippen molar-refractivity contribution in [3.05, 3.63) is 18.2 Å². The smallest absolute Gasteiger partial charge is 0.374 e. The van der Waals surface area contributed by atoms with E-state index >= 15 is 0 Å². The van der Waals surface area contributed by atoms with E-state index in [1.807, 2.05) is 6.92 Å². The highest BCUT2D eigenvalue weighted by atomic mass is 19.4. The van der Waals surface area contributed by atoms with Crippen LogP contribution >= 0.6 is 0 Å². The van der Waals surface area contributed by atoms with Gasteiger partial charge < -0.3 is 20.3 Å². The molecule has 3 unspecified atom stereocenters. The molecule has 0 spiro atoms. The molecule has 1 aliphatic carbocycles. The molecule has 0 bridgehead atoms. The van der Waals surface area contributed by atoms with E-state index in [-0.39, 0.29) is 12.6 Å². The van der Waals surface area contributed by atoms with E-state index in [0.29, 0.717) is 24.3 Å². The summed E-state index contributed by atoms with van der Waals surface area (Å²) in [5.74, 6) is 1.26. The summed E-state index contributed by atoms with van der Waals surface area (Å²) in [6, 6.07) is 0.243. The molecular weight excluding hydrogens is 371 g/mol. The van der Waals surface area contributed by atoms with Gasteiger partial charge >= 0.3 is 6.18 Å². The summed E-state index contributed by atoms with van der Waals surface area (Å²) in [6.45, 7) is 6.75. The summed E-state index contributed by atoms with van der Waals surface area (Å²) in [7, 11) is 1.43. The van der Waals surface area contributed by atoms with Crippen molar-refractivity contribution in [2.75, 3.05) is 13.1 Å². The van der Waals surface area contributed by atoms with E-state index in [0.717, 1.165) is 12.8 Å². The molecule has 0 amide bonds. The molecule has 1 aliphatic rings. The number of rotatable bonds is 6. The number of alkyl halides is 3. The van der Waals surface area contributed by atoms with Gasteiger partial charge in [-0.25, -0.2) is 4.98 Å². The maximum absolute atomic E-state index is 13.6. The normalized spacial score (nSPS) is 26.0. The molecule has 160 valence electrons. The lowest BCUT2D eigenvalue weighted by atomic mass is 9.80. The van der Waals surface area contributed by atoms with Crippen LogP contribution in [0.1, 0.15) is 52.3 Å². The van der Waals surface area contributed by atoms with Gasteiger partial charge in [-0.15, -0.1) is 0 Å². The fraction of sp³-hybridized carbons (Fsp3) is 0.789. The fourth-order valence-electron chi connectivity index (χ4n) is 4.05. The predicted molar refractivity (Wildman–Crippen MR) is 103 cm³/mol. The molecule has 28 heavy (non-hydrogen) atoms. The van der Waals surface area contributed by atoms with Gasteiger partial charge in [-0.1, -0.05) is 13.8 Å². The third-order valence-electron chi connectivity index (χ3n) is 5.27. The number of aliphatic hydroxyl groups is 1. The number of guanidine groups is 1. The van der Waals surface area contributed by atoms with Crippen LogP contribution in [0.15, 0.2) is 17.4 Å². The maximum Gasteiger partial charge on any atom is 0.424 e. The number of aliphatic imine (C=N–C) groups is 1. The number of hydrogen-bond donors (Lipinski definition) is 3. The van der Waals surface area contributed by atoms with Crippen LogP contribution in [0, 0.1) is 11.8 Å². The van der Waals surface area contributed by atoms with E-state index in [9.17, 15) is 18.3 Å². The predicted octanol–water partition coefficient (Wildman–Crippen LogP) is 2.94. The third kappa shape index (κ3) is 5.40. The molecule has 0 aromatic carbocycles. The Morgan fingerprint density at radius 3 is 2.43 bits per heavy atom. The molecule has 2 rings (SSSR count). The highest BCUT2D eigenvalue weighted by molar-refractivity contribution is 5.80. The zero-order valence-electron chi connectivity index (χ0n) is 17.1. The Balaban J connectivity index is 2.09. The quantitative estimate of drug-likeness (QED) is 0.504. The van der Waals surface area contributed by atoms with Crippen molar-refractivity contribution in [2.45, 2.75) is 64.3 Å². The number of halogens is 3. The maximum atomic E-state index is 13.6. The lowest BCUT2D eigenvalue weighted by Gasteiger charge is -2.33. The summed E-state index contributed by atoms with van der Waals surface area (Å²) >= 11 is 0. The van der Waals surface area contributed by atoms with Crippen molar-refractivity contribution < 1.29 is 18.3 Å². The Morgan fingerprint density at radius 2 is 1.93 bits per heavy atom. The van der Waals surface area contributed by atoms with E-state index in [1.165, 1.54) is 30.4 Å². The van der Waals surface area contributed by atoms with E-state index in [2.05, 4.69) is 34.5 Å². The van der Waals surface area contributed by atoms with Crippen LogP contribution in [0.5, 0.6) is 0 Å². The lowest BCUT2D eigenvalue weighted by Crippen LogP contribution is -2.47. The molecule has 1 saturated carbocycles. The monoisotopic (exact) mass is 403 g/mol. The van der Waals surface area contributed by atoms with Crippen molar-refractivity contribution in [1.82, 2.24) is 20.2 Å². The first kappa shape index (κ1) is 22.5. The highest BCUT2D eigenvalue weighted by Crippen LogP contribution is 2.40. The zero-order chi connectivity index (χ0) is 20.9. The summed E-state index contributed by atoms with van der Waals surface area (Å²) in [5.41, 5.74) is -3.04. The number of nitrogens with one attached hydrogen (secondary N) is 2. The van der Waals surface area contributed by atoms with Crippen molar-refractivity contribution >= 4 is 5.96 Å². The van der Waals surface area contributed by atoms with Crippen molar-refractivity contribution in [3.8, 4) is 0 Å². The summed E-state index contributed by atoms with van der Waals surface area (Å²) < 4.78 is 42.0. The van der Waals surface area contributed by atoms with E-state index in [4.69, 9.17) is 0 Å². The minimum atomic E-state index is -4.85. The number of aryl methyl sites for hydroxylation is 1. The average Bonchev–Trinajstić information content (AvgIpc) is 2.99. The Morgan fingerprint density at radius 1 is 1.29 bits per heavy atom. The first-order chi connectivity index (χ1) is 13.1. The highest BCUT2D eigenvalue weighted by Gasteiger charge is 2.57. The number of hydrogen-bond acceptors (Lipinski definition) is 3. The van der Waals surface area contributed by atoms with Gasteiger partial charge in [-0.2, -0.15) is 13.2 Å². The molecule has 3 atom stereocenters. The summed E-state index contributed by atoms with van der Waals surface area (Å²) in [6.07, 6.45) is 0.382. The standard InChI is InChI=1S/C19H32F3N5O/c1-5-23-17(26-15-11-13(2)10-14(3)12-15)25-7-6-18(28,19(20,21)22)16-24-8-9-27(16)4/h8-9,13-15,28H,5-7,10-12H2,1-4H3,(H2,23,25,26). The molecule has 1 heterocycles. The van der Waals surface area contributed by atoms with Gasteiger partial charge in [0.2, 0.25) is 5.60 Å². The molecule has 0 saturated heterocycles. The van der Waals surface area contributed by atoms with Crippen molar-refractivity contribution in [2.24, 2.45) is 23.9 Å². The average molecular weight is 403 g/mol. The molecule has 1 aromatic heterocycles. The van der Waals surface area contributed by atoms with E-state index < -0.39 is 24.0 Å². The van der Waals surface area contributed by atoms with Crippen molar-refractivity contribution in [3.63, 3.8) is 0 Å². The molecule has 3 N–H and O–H groups in total. The van der Waals surface area contributed by atoms with Crippen molar-refractivity contribution in [1.29, 1.82) is 0 Å². The summed E-state index contributed by atoms with van der Waals surface area (Å²) in [4.78, 5) is 8.01. The molecule has 1 fully saturated rings. The van der Waals surface area contributed by atoms with Gasteiger partial charge in [0.1, 0.15) is 5.82 Å². The Labute approximate surface area is 164 Å². The van der Waals surface area contributed by atoms with Crippen LogP contribution in [-0.4, -0.2) is 45.9 Å². The van der Waals surface area contributed by atoms with Gasteiger partial charge in [0.25, 0.3) is 0 Å². The second-order valence-electron chi connectivity index (χ2n) is 7.99. The molecule has 6 nitrogen and oxygen atoms in total. The van der Waals surface area contributed by atoms with Crippen LogP contribution in [0.4, 0.5) is 13.2 Å². The molecule has 0 radical (unpaired) electrons. The molecule has 0 aliphatic heterocycles. The molecule has 1 aromatic rings. The molecule has 9 heteroatoms. The van der Waals surface area contributed by atoms with Gasteiger partial charge in [0, 0.05) is 45.0 Å². The minimum Gasteiger partial charge on any atom is -0.374 e. The number of imidazole rings is 1. The van der Waals surface area contributed by atoms with E-state index in [1.54, 1.807) is 0 Å². The van der Waals surface area contributed by atoms with Gasteiger partial charge in [-0.3, -0.25) is 4.99 Å². The van der Waals surface area contributed by atoms with Crippen LogP contribution in [0.2, 0.25) is 0 Å². The van der Waals surface area contributed by atoms with Gasteiger partial charge in [-0.05, 0) is 38.0 Å². The van der Waals surface area contributed by atoms with Gasteiger partial charge in [0.05, 0.1) is 0 Å². The second kappa shape index (κ2) is 9.15. The number of nitrogens with zero attached hydrogens (tertiary/aromatic N) is 3. The van der Waals surface area contributed by atoms with Gasteiger partial charge in [0.15, 0.2) is 5.96 Å². The topological polar surface area (TPSA) is 74.5 Å². The first-order valence-corrected chi connectivity index (χ1v) is 9.88. The van der Waals surface area contributed by atoms with Crippen LogP contribution in [0.25, 0.3) is 0 Å². The third-order valence-corrected chi connectivity index (χ3v) is 5.27. The fourth-order valence-corrected chi connectivity index (χ4v) is 4.05. The Bertz CT molecular complexity index is 650.